The van der Waals surface area contributed by atoms with E-state index in [1.54, 1.807) is 6.08 Å². The van der Waals surface area contributed by atoms with Crippen LogP contribution < -0.4 is 10.2 Å². The van der Waals surface area contributed by atoms with Crippen LogP contribution in [0.15, 0.2) is 29.8 Å². The second-order valence-electron chi connectivity index (χ2n) is 6.07. The lowest BCUT2D eigenvalue weighted by atomic mass is 9.88. The number of allylic oxidation sites excluding steroid dienone is 1. The van der Waals surface area contributed by atoms with Gasteiger partial charge in [0.1, 0.15) is 11.6 Å². The molecule has 1 N–H and O–H groups in total. The molecule has 22 heavy (non-hydrogen) atoms. The highest BCUT2D eigenvalue weighted by molar-refractivity contribution is 6.01. The number of carbonyl (C=O) groups excluding carboxylic acids is 1. The first kappa shape index (κ1) is 15.8. The quantitative estimate of drug-likeness (QED) is 0.674. The molecule has 0 bridgehead atoms. The third-order valence-electron chi connectivity index (χ3n) is 4.14. The molecule has 4 heteroatoms. The van der Waals surface area contributed by atoms with Gasteiger partial charge in [-0.2, -0.15) is 5.26 Å². The molecular formula is C18H21N3O. The highest BCUT2D eigenvalue weighted by atomic mass is 16.1. The van der Waals surface area contributed by atoms with Crippen LogP contribution in [0.25, 0.3) is 11.6 Å². The Morgan fingerprint density at radius 3 is 2.68 bits per heavy atom. The largest absolute Gasteiger partial charge is 0.366 e. The molecule has 1 aromatic rings. The Morgan fingerprint density at radius 1 is 1.41 bits per heavy atom. The molecule has 0 unspecified atom stereocenters. The molecule has 0 aliphatic carbocycles. The van der Waals surface area contributed by atoms with Crippen molar-refractivity contribution in [3.63, 3.8) is 0 Å². The molecule has 2 rings (SSSR count). The van der Waals surface area contributed by atoms with Gasteiger partial charge in [0.25, 0.3) is 5.91 Å². The molecule has 114 valence electrons. The average Bonchev–Trinajstić information content (AvgIpc) is 2.49. The van der Waals surface area contributed by atoms with Gasteiger partial charge < -0.3 is 10.2 Å². The summed E-state index contributed by atoms with van der Waals surface area (Å²) < 4.78 is 0. The van der Waals surface area contributed by atoms with Gasteiger partial charge in [-0.3, -0.25) is 4.79 Å². The molecule has 0 aromatic heterocycles. The Kier molecular flexibility index (Phi) is 4.09. The van der Waals surface area contributed by atoms with E-state index in [0.29, 0.717) is 0 Å². The van der Waals surface area contributed by atoms with Gasteiger partial charge in [-0.25, -0.2) is 0 Å². The number of anilines is 1. The monoisotopic (exact) mass is 295 g/mol. The van der Waals surface area contributed by atoms with Crippen molar-refractivity contribution in [3.8, 4) is 6.07 Å². The first-order chi connectivity index (χ1) is 10.3. The van der Waals surface area contributed by atoms with E-state index >= 15 is 0 Å². The van der Waals surface area contributed by atoms with Crippen molar-refractivity contribution in [3.05, 3.63) is 41.0 Å². The summed E-state index contributed by atoms with van der Waals surface area (Å²) in [5, 5.41) is 11.6. The Hall–Kier alpha value is -2.54. The number of nitrogens with zero attached hydrogens (tertiary/aromatic N) is 2. The van der Waals surface area contributed by atoms with Crippen molar-refractivity contribution in [2.24, 2.45) is 0 Å². The van der Waals surface area contributed by atoms with Crippen molar-refractivity contribution in [2.75, 3.05) is 19.0 Å². The Bertz CT molecular complexity index is 720. The number of amides is 1. The topological polar surface area (TPSA) is 56.1 Å². The lowest BCUT2D eigenvalue weighted by Gasteiger charge is -2.40. The smallest absolute Gasteiger partial charge is 0.261 e. The van der Waals surface area contributed by atoms with Gasteiger partial charge >= 0.3 is 0 Å². The van der Waals surface area contributed by atoms with E-state index in [1.807, 2.05) is 24.3 Å². The van der Waals surface area contributed by atoms with Crippen LogP contribution in [0, 0.1) is 11.3 Å². The standard InChI is InChI=1S/C18H21N3O/c1-12-10-18(2,3)21(5)16-7-6-13(9-15(12)16)8-14(11-19)17(22)20-4/h6-10H,1-5H3,(H,20,22)/b14-8-. The van der Waals surface area contributed by atoms with Crippen molar-refractivity contribution in [2.45, 2.75) is 26.3 Å². The van der Waals surface area contributed by atoms with Gasteiger partial charge in [0.2, 0.25) is 0 Å². The number of nitriles is 1. The molecule has 1 aliphatic rings. The van der Waals surface area contributed by atoms with Crippen LogP contribution >= 0.6 is 0 Å². The summed E-state index contributed by atoms with van der Waals surface area (Å²) in [5.41, 5.74) is 4.40. The minimum atomic E-state index is -0.370. The SMILES string of the molecule is CNC(=O)/C(C#N)=C\c1ccc2c(c1)C(C)=CC(C)(C)N2C. The molecule has 1 amide bonds. The zero-order valence-electron chi connectivity index (χ0n) is 13.7. The second-order valence-corrected chi connectivity index (χ2v) is 6.07. The van der Waals surface area contributed by atoms with Crippen LogP contribution in [-0.4, -0.2) is 25.5 Å². The Morgan fingerprint density at radius 2 is 2.09 bits per heavy atom. The zero-order valence-corrected chi connectivity index (χ0v) is 13.7. The molecule has 4 nitrogen and oxygen atoms in total. The third kappa shape index (κ3) is 2.75. The first-order valence-corrected chi connectivity index (χ1v) is 7.21. The number of nitrogens with one attached hydrogen (secondary N) is 1. The van der Waals surface area contributed by atoms with Crippen LogP contribution in [-0.2, 0) is 4.79 Å². The van der Waals surface area contributed by atoms with Gasteiger partial charge in [-0.15, -0.1) is 0 Å². The maximum absolute atomic E-state index is 11.6. The molecule has 0 atom stereocenters. The molecule has 0 saturated carbocycles. The van der Waals surface area contributed by atoms with Crippen LogP contribution in [0.2, 0.25) is 0 Å². The number of fused-ring (bicyclic) bond motifs is 1. The van der Waals surface area contributed by atoms with Crippen molar-refractivity contribution >= 4 is 23.2 Å². The number of benzene rings is 1. The number of carbonyl (C=O) groups is 1. The van der Waals surface area contributed by atoms with Crippen molar-refractivity contribution < 1.29 is 4.79 Å². The molecular weight excluding hydrogens is 274 g/mol. The van der Waals surface area contributed by atoms with E-state index in [0.717, 1.165) is 16.8 Å². The summed E-state index contributed by atoms with van der Waals surface area (Å²) in [6, 6.07) is 7.93. The molecule has 0 fully saturated rings. The molecule has 0 radical (unpaired) electrons. The van der Waals surface area contributed by atoms with Crippen LogP contribution in [0.1, 0.15) is 31.9 Å². The maximum Gasteiger partial charge on any atom is 0.261 e. The molecule has 1 aliphatic heterocycles. The highest BCUT2D eigenvalue weighted by Crippen LogP contribution is 2.38. The summed E-state index contributed by atoms with van der Waals surface area (Å²) in [6.45, 7) is 6.43. The predicted octanol–water partition coefficient (Wildman–Crippen LogP) is 2.97. The third-order valence-corrected chi connectivity index (χ3v) is 4.14. The Balaban J connectivity index is 2.50. The second kappa shape index (κ2) is 5.69. The van der Waals surface area contributed by atoms with E-state index in [1.165, 1.54) is 12.6 Å². The first-order valence-electron chi connectivity index (χ1n) is 7.21. The lowest BCUT2D eigenvalue weighted by molar-refractivity contribution is -0.116. The van der Waals surface area contributed by atoms with Crippen LogP contribution in [0.4, 0.5) is 5.69 Å². The van der Waals surface area contributed by atoms with E-state index in [9.17, 15) is 4.79 Å². The summed E-state index contributed by atoms with van der Waals surface area (Å²) in [7, 11) is 3.59. The highest BCUT2D eigenvalue weighted by Gasteiger charge is 2.28. The summed E-state index contributed by atoms with van der Waals surface area (Å²) >= 11 is 0. The van der Waals surface area contributed by atoms with Crippen molar-refractivity contribution in [1.29, 1.82) is 5.26 Å². The fourth-order valence-electron chi connectivity index (χ4n) is 2.72. The molecule has 1 aromatic carbocycles. The fraction of sp³-hybridized carbons (Fsp3) is 0.333. The zero-order chi connectivity index (χ0) is 16.5. The number of hydrogen-bond donors (Lipinski definition) is 1. The van der Waals surface area contributed by atoms with Gasteiger partial charge in [0, 0.05) is 25.3 Å². The van der Waals surface area contributed by atoms with E-state index in [2.05, 4.69) is 44.1 Å². The normalized spacial score (nSPS) is 16.5. The minimum absolute atomic E-state index is 0.0334. The summed E-state index contributed by atoms with van der Waals surface area (Å²) in [4.78, 5) is 13.8. The Labute approximate surface area is 131 Å². The lowest BCUT2D eigenvalue weighted by Crippen LogP contribution is -2.42. The van der Waals surface area contributed by atoms with Gasteiger partial charge in [-0.1, -0.05) is 12.1 Å². The predicted molar refractivity (Wildman–Crippen MR) is 90.2 cm³/mol. The van der Waals surface area contributed by atoms with Gasteiger partial charge in [-0.05, 0) is 50.1 Å². The van der Waals surface area contributed by atoms with Crippen LogP contribution in [0.5, 0.6) is 0 Å². The van der Waals surface area contributed by atoms with E-state index < -0.39 is 0 Å². The fourth-order valence-corrected chi connectivity index (χ4v) is 2.72. The summed E-state index contributed by atoms with van der Waals surface area (Å²) in [6.07, 6.45) is 3.85. The van der Waals surface area contributed by atoms with Crippen molar-refractivity contribution in [1.82, 2.24) is 5.32 Å². The van der Waals surface area contributed by atoms with Crippen LogP contribution in [0.3, 0.4) is 0 Å². The van der Waals surface area contributed by atoms with Gasteiger partial charge in [0.05, 0.1) is 5.54 Å². The number of likely N-dealkylation sites (N-methyl/N-ethyl adjacent to an activating group) is 2. The summed E-state index contributed by atoms with van der Waals surface area (Å²) in [5.74, 6) is -0.370. The maximum atomic E-state index is 11.6. The number of rotatable bonds is 2. The molecule has 0 spiro atoms. The average molecular weight is 295 g/mol. The minimum Gasteiger partial charge on any atom is -0.366 e. The molecule has 0 saturated heterocycles. The molecule has 1 heterocycles. The van der Waals surface area contributed by atoms with E-state index in [4.69, 9.17) is 5.26 Å². The number of hydrogen-bond acceptors (Lipinski definition) is 3. The van der Waals surface area contributed by atoms with Gasteiger partial charge in [0.15, 0.2) is 0 Å². The van der Waals surface area contributed by atoms with E-state index in [-0.39, 0.29) is 17.0 Å².